The van der Waals surface area contributed by atoms with E-state index in [1.54, 1.807) is 0 Å². The highest BCUT2D eigenvalue weighted by molar-refractivity contribution is 6.31. The average Bonchev–Trinajstić information content (AvgIpc) is 2.44. The summed E-state index contributed by atoms with van der Waals surface area (Å²) in [5, 5.41) is 2.76. The Labute approximate surface area is 123 Å². The molecular formula is C15H16ClFN2O. The molecule has 1 aliphatic rings. The molecule has 0 saturated carbocycles. The number of hydrogen-bond donors (Lipinski definition) is 1. The number of carbonyl (C=O) groups excluding carboxylic acids is 1. The van der Waals surface area contributed by atoms with Crippen LogP contribution in [0.15, 0.2) is 18.2 Å². The Bertz CT molecular complexity index is 541. The number of anilines is 1. The summed E-state index contributed by atoms with van der Waals surface area (Å²) in [6.07, 6.45) is 8.16. The SMILES string of the molecule is C#CCN1CCCC[C@@H]1C(=O)Nc1ccc(F)c(Cl)c1. The normalized spacial score (nSPS) is 19.4. The standard InChI is InChI=1S/C15H16ClFN2O/c1-2-8-19-9-4-3-5-14(19)15(20)18-11-6-7-13(17)12(16)10-11/h1,6-7,10,14H,3-5,8-9H2,(H,18,20)/t14-/m1/s1. The van der Waals surface area contributed by atoms with E-state index >= 15 is 0 Å². The number of nitrogens with zero attached hydrogens (tertiary/aromatic N) is 1. The summed E-state index contributed by atoms with van der Waals surface area (Å²) in [5.41, 5.74) is 0.493. The lowest BCUT2D eigenvalue weighted by atomic mass is 10.0. The van der Waals surface area contributed by atoms with Gasteiger partial charge in [0.2, 0.25) is 5.91 Å². The molecule has 0 aromatic heterocycles. The molecule has 0 aliphatic carbocycles. The van der Waals surface area contributed by atoms with Crippen molar-refractivity contribution < 1.29 is 9.18 Å². The van der Waals surface area contributed by atoms with E-state index in [9.17, 15) is 9.18 Å². The molecule has 2 rings (SSSR count). The fourth-order valence-electron chi connectivity index (χ4n) is 2.39. The van der Waals surface area contributed by atoms with Crippen LogP contribution in [0.1, 0.15) is 19.3 Å². The number of benzene rings is 1. The van der Waals surface area contributed by atoms with Crippen molar-refractivity contribution >= 4 is 23.2 Å². The van der Waals surface area contributed by atoms with Crippen LogP contribution in [-0.4, -0.2) is 29.9 Å². The first kappa shape index (κ1) is 14.8. The lowest BCUT2D eigenvalue weighted by molar-refractivity contribution is -0.122. The molecule has 1 aliphatic heterocycles. The van der Waals surface area contributed by atoms with E-state index in [0.717, 1.165) is 25.8 Å². The van der Waals surface area contributed by atoms with Gasteiger partial charge in [0.25, 0.3) is 0 Å². The van der Waals surface area contributed by atoms with Gasteiger partial charge in [-0.05, 0) is 37.6 Å². The number of likely N-dealkylation sites (tertiary alicyclic amines) is 1. The highest BCUT2D eigenvalue weighted by Crippen LogP contribution is 2.22. The van der Waals surface area contributed by atoms with E-state index in [0.29, 0.717) is 12.2 Å². The number of rotatable bonds is 3. The van der Waals surface area contributed by atoms with Crippen LogP contribution < -0.4 is 5.32 Å². The summed E-state index contributed by atoms with van der Waals surface area (Å²) in [5.74, 6) is 1.95. The van der Waals surface area contributed by atoms with Crippen LogP contribution in [0.3, 0.4) is 0 Å². The molecule has 20 heavy (non-hydrogen) atoms. The van der Waals surface area contributed by atoms with Gasteiger partial charge in [-0.2, -0.15) is 0 Å². The largest absolute Gasteiger partial charge is 0.325 e. The zero-order valence-corrected chi connectivity index (χ0v) is 11.8. The lowest BCUT2D eigenvalue weighted by Crippen LogP contribution is -2.47. The van der Waals surface area contributed by atoms with Crippen LogP contribution in [0.4, 0.5) is 10.1 Å². The van der Waals surface area contributed by atoms with Crippen molar-refractivity contribution in [1.29, 1.82) is 0 Å². The minimum Gasteiger partial charge on any atom is -0.325 e. The second-order valence-electron chi connectivity index (χ2n) is 4.80. The molecule has 5 heteroatoms. The van der Waals surface area contributed by atoms with Crippen LogP contribution in [0, 0.1) is 18.2 Å². The topological polar surface area (TPSA) is 32.3 Å². The van der Waals surface area contributed by atoms with Crippen LogP contribution >= 0.6 is 11.6 Å². The molecule has 1 fully saturated rings. The second kappa shape index (κ2) is 6.74. The molecule has 1 atom stereocenters. The van der Waals surface area contributed by atoms with Gasteiger partial charge in [0.1, 0.15) is 5.82 Å². The third-order valence-corrected chi connectivity index (χ3v) is 3.69. The summed E-state index contributed by atoms with van der Waals surface area (Å²) in [4.78, 5) is 14.3. The predicted octanol–water partition coefficient (Wildman–Crippen LogP) is 2.91. The van der Waals surface area contributed by atoms with Gasteiger partial charge in [-0.15, -0.1) is 6.42 Å². The van der Waals surface area contributed by atoms with Gasteiger partial charge in [0.05, 0.1) is 17.6 Å². The molecule has 1 aromatic rings. The average molecular weight is 295 g/mol. The maximum absolute atomic E-state index is 13.1. The quantitative estimate of drug-likeness (QED) is 0.870. The zero-order valence-electron chi connectivity index (χ0n) is 11.0. The van der Waals surface area contributed by atoms with Crippen LogP contribution in [0.25, 0.3) is 0 Å². The van der Waals surface area contributed by atoms with Gasteiger partial charge < -0.3 is 5.32 Å². The number of amides is 1. The predicted molar refractivity (Wildman–Crippen MR) is 78.1 cm³/mol. The molecule has 106 valence electrons. The van der Waals surface area contributed by atoms with Crippen LogP contribution in [0.5, 0.6) is 0 Å². The maximum atomic E-state index is 13.1. The molecule has 0 bridgehead atoms. The van der Waals surface area contributed by atoms with Gasteiger partial charge in [-0.3, -0.25) is 9.69 Å². The third-order valence-electron chi connectivity index (χ3n) is 3.40. The van der Waals surface area contributed by atoms with E-state index < -0.39 is 5.82 Å². The molecule has 3 nitrogen and oxygen atoms in total. The first-order valence-electron chi connectivity index (χ1n) is 6.55. The van der Waals surface area contributed by atoms with Crippen molar-refractivity contribution in [2.24, 2.45) is 0 Å². The number of halogens is 2. The van der Waals surface area contributed by atoms with E-state index in [1.165, 1.54) is 18.2 Å². The van der Waals surface area contributed by atoms with E-state index in [4.69, 9.17) is 18.0 Å². The Balaban J connectivity index is 2.06. The Kier molecular flexibility index (Phi) is 4.99. The molecule has 1 N–H and O–H groups in total. The lowest BCUT2D eigenvalue weighted by Gasteiger charge is -2.33. The smallest absolute Gasteiger partial charge is 0.241 e. The summed E-state index contributed by atoms with van der Waals surface area (Å²) in [6, 6.07) is 3.90. The molecule has 0 radical (unpaired) electrons. The van der Waals surface area contributed by atoms with Gasteiger partial charge in [0.15, 0.2) is 0 Å². The van der Waals surface area contributed by atoms with E-state index in [1.807, 2.05) is 4.90 Å². The Morgan fingerprint density at radius 1 is 1.55 bits per heavy atom. The summed E-state index contributed by atoms with van der Waals surface area (Å²) in [7, 11) is 0. The molecule has 0 spiro atoms. The fraction of sp³-hybridized carbons (Fsp3) is 0.400. The van der Waals surface area contributed by atoms with Gasteiger partial charge in [-0.25, -0.2) is 4.39 Å². The second-order valence-corrected chi connectivity index (χ2v) is 5.21. The van der Waals surface area contributed by atoms with E-state index in [-0.39, 0.29) is 17.0 Å². The molecule has 1 saturated heterocycles. The summed E-state index contributed by atoms with van der Waals surface area (Å²) < 4.78 is 13.1. The maximum Gasteiger partial charge on any atom is 0.241 e. The number of terminal acetylenes is 1. The summed E-state index contributed by atoms with van der Waals surface area (Å²) >= 11 is 5.70. The van der Waals surface area contributed by atoms with Crippen molar-refractivity contribution in [3.8, 4) is 12.3 Å². The van der Waals surface area contributed by atoms with Crippen molar-refractivity contribution in [3.63, 3.8) is 0 Å². The zero-order chi connectivity index (χ0) is 14.5. The minimum absolute atomic E-state index is 0.00748. The number of carbonyl (C=O) groups is 1. The minimum atomic E-state index is -0.503. The third kappa shape index (κ3) is 3.50. The van der Waals surface area contributed by atoms with Gasteiger partial charge >= 0.3 is 0 Å². The first-order chi connectivity index (χ1) is 9.61. The summed E-state index contributed by atoms with van der Waals surface area (Å²) in [6.45, 7) is 1.29. The first-order valence-corrected chi connectivity index (χ1v) is 6.93. The molecule has 0 unspecified atom stereocenters. The molecule has 1 aromatic carbocycles. The molecular weight excluding hydrogens is 279 g/mol. The molecule has 1 amide bonds. The van der Waals surface area contributed by atoms with Gasteiger partial charge in [0, 0.05) is 5.69 Å². The van der Waals surface area contributed by atoms with Crippen molar-refractivity contribution in [2.75, 3.05) is 18.4 Å². The Morgan fingerprint density at radius 3 is 3.05 bits per heavy atom. The fourth-order valence-corrected chi connectivity index (χ4v) is 2.57. The van der Waals surface area contributed by atoms with Crippen molar-refractivity contribution in [3.05, 3.63) is 29.0 Å². The number of piperidine rings is 1. The van der Waals surface area contributed by atoms with Crippen molar-refractivity contribution in [2.45, 2.75) is 25.3 Å². The highest BCUT2D eigenvalue weighted by atomic mass is 35.5. The number of hydrogen-bond acceptors (Lipinski definition) is 2. The van der Waals surface area contributed by atoms with Crippen molar-refractivity contribution in [1.82, 2.24) is 4.90 Å². The van der Waals surface area contributed by atoms with Crippen LogP contribution in [-0.2, 0) is 4.79 Å². The van der Waals surface area contributed by atoms with Crippen LogP contribution in [0.2, 0.25) is 5.02 Å². The van der Waals surface area contributed by atoms with Gasteiger partial charge in [-0.1, -0.05) is 23.9 Å². The monoisotopic (exact) mass is 294 g/mol. The number of nitrogens with one attached hydrogen (secondary N) is 1. The Hall–Kier alpha value is -1.57. The molecule has 1 heterocycles. The highest BCUT2D eigenvalue weighted by Gasteiger charge is 2.28. The Morgan fingerprint density at radius 2 is 2.35 bits per heavy atom. The van der Waals surface area contributed by atoms with E-state index in [2.05, 4.69) is 11.2 Å².